The van der Waals surface area contributed by atoms with E-state index in [0.717, 1.165) is 22.4 Å². The van der Waals surface area contributed by atoms with E-state index in [1.165, 1.54) is 5.56 Å². The van der Waals surface area contributed by atoms with Crippen LogP contribution in [0.25, 0.3) is 22.4 Å². The zero-order valence-electron chi connectivity index (χ0n) is 11.9. The molecule has 0 amide bonds. The highest BCUT2D eigenvalue weighted by molar-refractivity contribution is 5.81. The molecule has 0 saturated carbocycles. The molecule has 0 aliphatic heterocycles. The van der Waals surface area contributed by atoms with Crippen LogP contribution in [0.4, 0.5) is 0 Å². The van der Waals surface area contributed by atoms with Gasteiger partial charge in [-0.05, 0) is 23.1 Å². The minimum absolute atomic E-state index is 0.0533. The molecule has 20 heavy (non-hydrogen) atoms. The maximum atomic E-state index is 9.55. The molecule has 3 nitrogen and oxygen atoms in total. The summed E-state index contributed by atoms with van der Waals surface area (Å²) >= 11 is 0. The van der Waals surface area contributed by atoms with Crippen molar-refractivity contribution in [2.45, 2.75) is 26.2 Å². The number of aromatic hydroxyl groups is 1. The van der Waals surface area contributed by atoms with Crippen molar-refractivity contribution in [1.82, 2.24) is 9.97 Å². The zero-order chi connectivity index (χ0) is 14.3. The molecule has 0 unspecified atom stereocenters. The van der Waals surface area contributed by atoms with E-state index in [-0.39, 0.29) is 11.2 Å². The molecule has 0 atom stereocenters. The Labute approximate surface area is 118 Å². The van der Waals surface area contributed by atoms with E-state index >= 15 is 0 Å². The predicted octanol–water partition coefficient (Wildman–Crippen LogP) is 4.23. The van der Waals surface area contributed by atoms with Crippen LogP contribution < -0.4 is 0 Å². The van der Waals surface area contributed by atoms with Gasteiger partial charge in [-0.25, -0.2) is 4.98 Å². The summed E-state index contributed by atoms with van der Waals surface area (Å²) in [7, 11) is 0. The second-order valence-electron chi connectivity index (χ2n) is 6.08. The number of fused-ring (bicyclic) bond motifs is 1. The molecule has 0 saturated heterocycles. The van der Waals surface area contributed by atoms with E-state index in [2.05, 4.69) is 48.9 Å². The zero-order valence-corrected chi connectivity index (χ0v) is 11.9. The fourth-order valence-electron chi connectivity index (χ4n) is 2.47. The van der Waals surface area contributed by atoms with E-state index in [1.807, 2.05) is 12.1 Å². The van der Waals surface area contributed by atoms with Crippen LogP contribution in [0, 0.1) is 0 Å². The molecule has 3 heteroatoms. The number of phenolic OH excluding ortho intramolecular Hbond substituents is 1. The van der Waals surface area contributed by atoms with Gasteiger partial charge in [0.2, 0.25) is 0 Å². The molecule has 3 rings (SSSR count). The predicted molar refractivity (Wildman–Crippen MR) is 81.9 cm³/mol. The van der Waals surface area contributed by atoms with Gasteiger partial charge in [-0.3, -0.25) is 0 Å². The van der Waals surface area contributed by atoms with Crippen molar-refractivity contribution in [2.24, 2.45) is 0 Å². The van der Waals surface area contributed by atoms with Crippen LogP contribution in [0.15, 0.2) is 42.5 Å². The maximum Gasteiger partial charge on any atom is 0.138 e. The molecular formula is C17H18N2O. The first-order valence-electron chi connectivity index (χ1n) is 6.74. The summed E-state index contributed by atoms with van der Waals surface area (Å²) in [5.74, 6) is 1.09. The second kappa shape index (κ2) is 4.37. The fourth-order valence-corrected chi connectivity index (χ4v) is 2.47. The van der Waals surface area contributed by atoms with E-state index in [1.54, 1.807) is 12.1 Å². The van der Waals surface area contributed by atoms with Crippen LogP contribution in [-0.2, 0) is 5.41 Å². The summed E-state index contributed by atoms with van der Waals surface area (Å²) in [5.41, 5.74) is 4.13. The molecule has 0 aliphatic rings. The molecule has 3 aromatic rings. The normalized spacial score (nSPS) is 11.9. The molecule has 0 spiro atoms. The van der Waals surface area contributed by atoms with Crippen molar-refractivity contribution in [2.75, 3.05) is 0 Å². The Balaban J connectivity index is 2.21. The number of rotatable bonds is 1. The number of aromatic amines is 1. The van der Waals surface area contributed by atoms with E-state index in [4.69, 9.17) is 0 Å². The van der Waals surface area contributed by atoms with Crippen molar-refractivity contribution in [3.05, 3.63) is 48.0 Å². The van der Waals surface area contributed by atoms with Crippen molar-refractivity contribution < 1.29 is 5.11 Å². The largest absolute Gasteiger partial charge is 0.508 e. The maximum absolute atomic E-state index is 9.55. The molecule has 1 heterocycles. The van der Waals surface area contributed by atoms with Gasteiger partial charge in [0.25, 0.3) is 0 Å². The molecule has 0 aliphatic carbocycles. The number of phenols is 1. The highest BCUT2D eigenvalue weighted by Gasteiger charge is 2.19. The van der Waals surface area contributed by atoms with Gasteiger partial charge in [0.05, 0.1) is 11.0 Å². The van der Waals surface area contributed by atoms with Gasteiger partial charge in [0.1, 0.15) is 11.6 Å². The molecule has 2 N–H and O–H groups in total. The summed E-state index contributed by atoms with van der Waals surface area (Å²) in [6.45, 7) is 6.58. The van der Waals surface area contributed by atoms with Gasteiger partial charge in [-0.2, -0.15) is 0 Å². The summed E-state index contributed by atoms with van der Waals surface area (Å²) in [4.78, 5) is 7.93. The monoisotopic (exact) mass is 266 g/mol. The molecule has 102 valence electrons. The van der Waals surface area contributed by atoms with Crippen LogP contribution >= 0.6 is 0 Å². The SMILES string of the molecule is CC(C)(C)c1ccccc1-c1nc2ccc(O)cc2[nH]1. The molecule has 0 fully saturated rings. The highest BCUT2D eigenvalue weighted by atomic mass is 16.3. The van der Waals surface area contributed by atoms with Gasteiger partial charge in [-0.1, -0.05) is 45.0 Å². The Kier molecular flexibility index (Phi) is 2.78. The third-order valence-electron chi connectivity index (χ3n) is 3.46. The summed E-state index contributed by atoms with van der Waals surface area (Å²) in [6.07, 6.45) is 0. The average Bonchev–Trinajstić information content (AvgIpc) is 2.80. The molecule has 1 aromatic heterocycles. The van der Waals surface area contributed by atoms with Crippen molar-refractivity contribution in [3.8, 4) is 17.1 Å². The number of aromatic nitrogens is 2. The minimum Gasteiger partial charge on any atom is -0.508 e. The van der Waals surface area contributed by atoms with Crippen LogP contribution in [0.5, 0.6) is 5.75 Å². The number of hydrogen-bond acceptors (Lipinski definition) is 2. The van der Waals surface area contributed by atoms with E-state index < -0.39 is 0 Å². The van der Waals surface area contributed by atoms with Crippen molar-refractivity contribution in [3.63, 3.8) is 0 Å². The van der Waals surface area contributed by atoms with Crippen LogP contribution in [0.2, 0.25) is 0 Å². The van der Waals surface area contributed by atoms with Crippen LogP contribution in [0.1, 0.15) is 26.3 Å². The summed E-state index contributed by atoms with van der Waals surface area (Å²) in [5, 5.41) is 9.55. The molecule has 0 bridgehead atoms. The quantitative estimate of drug-likeness (QED) is 0.692. The average molecular weight is 266 g/mol. The first-order valence-corrected chi connectivity index (χ1v) is 6.74. The number of benzene rings is 2. The molecule has 0 radical (unpaired) electrons. The fraction of sp³-hybridized carbons (Fsp3) is 0.235. The topological polar surface area (TPSA) is 48.9 Å². The lowest BCUT2D eigenvalue weighted by molar-refractivity contribution is 0.476. The van der Waals surface area contributed by atoms with Crippen LogP contribution in [-0.4, -0.2) is 15.1 Å². The van der Waals surface area contributed by atoms with Gasteiger partial charge < -0.3 is 10.1 Å². The number of imidazole rings is 1. The minimum atomic E-state index is 0.0533. The Morgan fingerprint density at radius 2 is 1.80 bits per heavy atom. The number of hydrogen-bond donors (Lipinski definition) is 2. The smallest absolute Gasteiger partial charge is 0.138 e. The van der Waals surface area contributed by atoms with Gasteiger partial charge in [0, 0.05) is 11.6 Å². The Bertz CT molecular complexity index is 766. The standard InChI is InChI=1S/C17H18N2O/c1-17(2,3)13-7-5-4-6-12(13)16-18-14-9-8-11(20)10-15(14)19-16/h4-10,20H,1-3H3,(H,18,19). The van der Waals surface area contributed by atoms with Gasteiger partial charge >= 0.3 is 0 Å². The summed E-state index contributed by atoms with van der Waals surface area (Å²) < 4.78 is 0. The Morgan fingerprint density at radius 3 is 2.55 bits per heavy atom. The molecular weight excluding hydrogens is 248 g/mol. The Morgan fingerprint density at radius 1 is 1.05 bits per heavy atom. The van der Waals surface area contributed by atoms with Crippen molar-refractivity contribution in [1.29, 1.82) is 0 Å². The number of nitrogens with one attached hydrogen (secondary N) is 1. The third kappa shape index (κ3) is 2.16. The molecule has 2 aromatic carbocycles. The van der Waals surface area contributed by atoms with Crippen LogP contribution in [0.3, 0.4) is 0 Å². The number of nitrogens with zero attached hydrogens (tertiary/aromatic N) is 1. The highest BCUT2D eigenvalue weighted by Crippen LogP contribution is 2.32. The second-order valence-corrected chi connectivity index (χ2v) is 6.08. The third-order valence-corrected chi connectivity index (χ3v) is 3.46. The van der Waals surface area contributed by atoms with Gasteiger partial charge in [0.15, 0.2) is 0 Å². The van der Waals surface area contributed by atoms with Crippen molar-refractivity contribution >= 4 is 11.0 Å². The van der Waals surface area contributed by atoms with E-state index in [9.17, 15) is 5.11 Å². The lowest BCUT2D eigenvalue weighted by Crippen LogP contribution is -2.12. The summed E-state index contributed by atoms with van der Waals surface area (Å²) in [6, 6.07) is 13.5. The first-order chi connectivity index (χ1) is 9.45. The lowest BCUT2D eigenvalue weighted by atomic mass is 9.83. The first kappa shape index (κ1) is 12.7. The van der Waals surface area contributed by atoms with Gasteiger partial charge in [-0.15, -0.1) is 0 Å². The number of H-pyrrole nitrogens is 1. The Hall–Kier alpha value is -2.29. The lowest BCUT2D eigenvalue weighted by Gasteiger charge is -2.21. The van der Waals surface area contributed by atoms with E-state index in [0.29, 0.717) is 0 Å².